The number of nitrogens with zero attached hydrogens (tertiary/aromatic N) is 3. The number of carbonyl (C=O) groups excluding carboxylic acids is 1. The number of para-hydroxylation sites is 1. The highest BCUT2D eigenvalue weighted by atomic mass is 16.5. The van der Waals surface area contributed by atoms with Crippen LogP contribution in [-0.2, 0) is 4.79 Å². The highest BCUT2D eigenvalue weighted by Crippen LogP contribution is 2.16. The Morgan fingerprint density at radius 3 is 2.89 bits per heavy atom. The first kappa shape index (κ1) is 12.5. The summed E-state index contributed by atoms with van der Waals surface area (Å²) in [5.74, 6) is 0.359. The van der Waals surface area contributed by atoms with E-state index < -0.39 is 0 Å². The van der Waals surface area contributed by atoms with Crippen LogP contribution in [0, 0.1) is 11.3 Å². The van der Waals surface area contributed by atoms with Gasteiger partial charge in [0.2, 0.25) is 0 Å². The van der Waals surface area contributed by atoms with Gasteiger partial charge in [-0.15, -0.1) is 5.10 Å². The van der Waals surface area contributed by atoms with E-state index in [2.05, 4.69) is 15.5 Å². The Bertz CT molecular complexity index is 608. The van der Waals surface area contributed by atoms with Crippen molar-refractivity contribution in [3.63, 3.8) is 0 Å². The minimum absolute atomic E-state index is 0.199. The first-order valence-corrected chi connectivity index (χ1v) is 5.49. The number of nitrogens with one attached hydrogen (secondary N) is 1. The maximum Gasteiger partial charge on any atom is 0.263 e. The van der Waals surface area contributed by atoms with E-state index in [0.29, 0.717) is 17.1 Å². The Morgan fingerprint density at radius 1 is 1.32 bits per heavy atom. The van der Waals surface area contributed by atoms with Gasteiger partial charge in [0, 0.05) is 6.20 Å². The molecule has 1 aromatic carbocycles. The minimum Gasteiger partial charge on any atom is -0.482 e. The number of nitriles is 1. The molecule has 0 atom stereocenters. The molecule has 0 saturated carbocycles. The van der Waals surface area contributed by atoms with Gasteiger partial charge in [0.05, 0.1) is 5.56 Å². The molecule has 94 valence electrons. The summed E-state index contributed by atoms with van der Waals surface area (Å²) >= 11 is 0. The van der Waals surface area contributed by atoms with Crippen LogP contribution >= 0.6 is 0 Å². The Morgan fingerprint density at radius 2 is 2.16 bits per heavy atom. The largest absolute Gasteiger partial charge is 0.482 e. The average Bonchev–Trinajstić information content (AvgIpc) is 2.46. The number of hydrogen-bond acceptors (Lipinski definition) is 5. The van der Waals surface area contributed by atoms with Crippen molar-refractivity contribution < 1.29 is 9.53 Å². The molecule has 0 spiro atoms. The Kier molecular flexibility index (Phi) is 4.03. The van der Waals surface area contributed by atoms with Gasteiger partial charge in [-0.3, -0.25) is 4.79 Å². The molecule has 2 rings (SSSR count). The molecule has 0 aliphatic carbocycles. The van der Waals surface area contributed by atoms with Crippen LogP contribution in [0.25, 0.3) is 0 Å². The minimum atomic E-state index is -0.367. The first-order chi connectivity index (χ1) is 9.29. The first-order valence-electron chi connectivity index (χ1n) is 5.49. The molecule has 1 aromatic heterocycles. The van der Waals surface area contributed by atoms with Crippen molar-refractivity contribution in [1.82, 2.24) is 10.2 Å². The number of rotatable bonds is 4. The number of hydrogen-bond donors (Lipinski definition) is 1. The Balaban J connectivity index is 1.92. The molecule has 0 aliphatic rings. The Labute approximate surface area is 109 Å². The van der Waals surface area contributed by atoms with Crippen LogP contribution in [0.15, 0.2) is 42.6 Å². The van der Waals surface area contributed by atoms with Crippen molar-refractivity contribution in [2.75, 3.05) is 11.9 Å². The van der Waals surface area contributed by atoms with Crippen molar-refractivity contribution in [1.29, 1.82) is 5.26 Å². The summed E-state index contributed by atoms with van der Waals surface area (Å²) < 4.78 is 5.28. The molecule has 0 bridgehead atoms. The second kappa shape index (κ2) is 6.12. The van der Waals surface area contributed by atoms with Gasteiger partial charge >= 0.3 is 0 Å². The van der Waals surface area contributed by atoms with E-state index in [1.807, 2.05) is 6.07 Å². The fraction of sp³-hybridized carbons (Fsp3) is 0.0769. The molecule has 1 N–H and O–H groups in total. The third kappa shape index (κ3) is 3.51. The summed E-state index contributed by atoms with van der Waals surface area (Å²) in [6.07, 6.45) is 1.51. The average molecular weight is 254 g/mol. The van der Waals surface area contributed by atoms with Gasteiger partial charge in [-0.2, -0.15) is 10.4 Å². The molecule has 0 aliphatic heterocycles. The summed E-state index contributed by atoms with van der Waals surface area (Å²) in [5, 5.41) is 18.8. The number of amides is 1. The number of benzene rings is 1. The van der Waals surface area contributed by atoms with Gasteiger partial charge in [-0.1, -0.05) is 12.1 Å². The van der Waals surface area contributed by atoms with E-state index in [1.165, 1.54) is 6.20 Å². The maximum absolute atomic E-state index is 11.6. The van der Waals surface area contributed by atoms with E-state index in [9.17, 15) is 4.79 Å². The number of aromatic nitrogens is 2. The summed E-state index contributed by atoms with van der Waals surface area (Å²) in [7, 11) is 0. The third-order valence-electron chi connectivity index (χ3n) is 2.21. The predicted molar refractivity (Wildman–Crippen MR) is 67.3 cm³/mol. The van der Waals surface area contributed by atoms with Gasteiger partial charge in [0.15, 0.2) is 12.4 Å². The molecule has 0 radical (unpaired) electrons. The summed E-state index contributed by atoms with van der Waals surface area (Å²) in [5.41, 5.74) is 0.384. The fourth-order valence-corrected chi connectivity index (χ4v) is 1.38. The molecule has 0 fully saturated rings. The van der Waals surface area contributed by atoms with E-state index in [0.717, 1.165) is 0 Å². The number of anilines is 1. The van der Waals surface area contributed by atoms with E-state index in [-0.39, 0.29) is 12.5 Å². The molecule has 6 heteroatoms. The maximum atomic E-state index is 11.6. The molecular formula is C13H10N4O2. The molecule has 0 unspecified atom stereocenters. The standard InChI is InChI=1S/C13H10N4O2/c14-8-10-4-1-2-5-11(10)19-9-13(18)16-12-6-3-7-15-17-12/h1-7H,9H2,(H,16,17,18). The molecule has 19 heavy (non-hydrogen) atoms. The molecule has 2 aromatic rings. The van der Waals surface area contributed by atoms with Crippen LogP contribution in [0.1, 0.15) is 5.56 Å². The van der Waals surface area contributed by atoms with Crippen LogP contribution in [0.3, 0.4) is 0 Å². The van der Waals surface area contributed by atoms with Crippen molar-refractivity contribution in [2.24, 2.45) is 0 Å². The number of ether oxygens (including phenoxy) is 1. The second-order valence-electron chi connectivity index (χ2n) is 3.55. The van der Waals surface area contributed by atoms with Crippen LogP contribution in [-0.4, -0.2) is 22.7 Å². The van der Waals surface area contributed by atoms with Gasteiger partial charge in [-0.25, -0.2) is 0 Å². The topological polar surface area (TPSA) is 87.9 Å². The van der Waals surface area contributed by atoms with Crippen LogP contribution in [0.4, 0.5) is 5.82 Å². The summed E-state index contributed by atoms with van der Waals surface area (Å²) in [6.45, 7) is -0.199. The van der Waals surface area contributed by atoms with Crippen LogP contribution in [0.5, 0.6) is 5.75 Å². The summed E-state index contributed by atoms with van der Waals surface area (Å²) in [6, 6.07) is 12.0. The van der Waals surface area contributed by atoms with E-state index >= 15 is 0 Å². The lowest BCUT2D eigenvalue weighted by atomic mass is 10.2. The van der Waals surface area contributed by atoms with Crippen molar-refractivity contribution in [3.8, 4) is 11.8 Å². The highest BCUT2D eigenvalue weighted by Gasteiger charge is 2.07. The van der Waals surface area contributed by atoms with Crippen molar-refractivity contribution >= 4 is 11.7 Å². The van der Waals surface area contributed by atoms with Crippen LogP contribution < -0.4 is 10.1 Å². The Hall–Kier alpha value is -2.94. The zero-order valence-corrected chi connectivity index (χ0v) is 9.91. The zero-order chi connectivity index (χ0) is 13.5. The lowest BCUT2D eigenvalue weighted by Gasteiger charge is -2.07. The molecule has 1 heterocycles. The molecular weight excluding hydrogens is 244 g/mol. The highest BCUT2D eigenvalue weighted by molar-refractivity contribution is 5.90. The van der Waals surface area contributed by atoms with Crippen molar-refractivity contribution in [3.05, 3.63) is 48.2 Å². The fourth-order valence-electron chi connectivity index (χ4n) is 1.38. The van der Waals surface area contributed by atoms with Crippen LogP contribution in [0.2, 0.25) is 0 Å². The molecule has 0 saturated heterocycles. The van der Waals surface area contributed by atoms with Gasteiger partial charge in [0.1, 0.15) is 11.8 Å². The normalized spacial score (nSPS) is 9.42. The monoisotopic (exact) mass is 254 g/mol. The molecule has 6 nitrogen and oxygen atoms in total. The SMILES string of the molecule is N#Cc1ccccc1OCC(=O)Nc1cccnn1. The smallest absolute Gasteiger partial charge is 0.263 e. The van der Waals surface area contributed by atoms with Gasteiger partial charge in [0.25, 0.3) is 5.91 Å². The predicted octanol–water partition coefficient (Wildman–Crippen LogP) is 1.37. The molecule has 1 amide bonds. The quantitative estimate of drug-likeness (QED) is 0.890. The van der Waals surface area contributed by atoms with E-state index in [4.69, 9.17) is 10.00 Å². The van der Waals surface area contributed by atoms with E-state index in [1.54, 1.807) is 36.4 Å². The lowest BCUT2D eigenvalue weighted by Crippen LogP contribution is -2.21. The second-order valence-corrected chi connectivity index (χ2v) is 3.55. The zero-order valence-electron chi connectivity index (χ0n) is 9.91. The summed E-state index contributed by atoms with van der Waals surface area (Å²) in [4.78, 5) is 11.6. The van der Waals surface area contributed by atoms with Crippen molar-refractivity contribution in [2.45, 2.75) is 0 Å². The van der Waals surface area contributed by atoms with Gasteiger partial charge < -0.3 is 10.1 Å². The van der Waals surface area contributed by atoms with Gasteiger partial charge in [-0.05, 0) is 24.3 Å². The number of carbonyl (C=O) groups is 1. The lowest BCUT2D eigenvalue weighted by molar-refractivity contribution is -0.118. The third-order valence-corrected chi connectivity index (χ3v) is 2.21.